The highest BCUT2D eigenvalue weighted by atomic mass is 79.9. The van der Waals surface area contributed by atoms with Gasteiger partial charge in [-0.25, -0.2) is 4.79 Å². The summed E-state index contributed by atoms with van der Waals surface area (Å²) < 4.78 is 7.06. The molecule has 2 atom stereocenters. The van der Waals surface area contributed by atoms with E-state index >= 15 is 0 Å². The van der Waals surface area contributed by atoms with E-state index in [-0.39, 0.29) is 24.6 Å². The Bertz CT molecular complexity index is 1450. The van der Waals surface area contributed by atoms with Crippen LogP contribution in [0.2, 0.25) is 0 Å². The van der Waals surface area contributed by atoms with Gasteiger partial charge in [-0.15, -0.1) is 0 Å². The van der Waals surface area contributed by atoms with E-state index in [4.69, 9.17) is 9.73 Å². The lowest BCUT2D eigenvalue weighted by Crippen LogP contribution is -2.55. The second kappa shape index (κ2) is 11.3. The lowest BCUT2D eigenvalue weighted by Gasteiger charge is -2.35. The van der Waals surface area contributed by atoms with Crippen LogP contribution in [0.1, 0.15) is 48.2 Å². The van der Waals surface area contributed by atoms with E-state index in [1.165, 1.54) is 0 Å². The summed E-state index contributed by atoms with van der Waals surface area (Å²) >= 11 is 3.52. The number of carbonyl (C=O) groups excluding carboxylic acids is 2. The molecule has 2 aliphatic rings. The number of nitrogens with zero attached hydrogens (tertiary/aromatic N) is 4. The van der Waals surface area contributed by atoms with Crippen molar-refractivity contribution in [3.05, 3.63) is 99.5 Å². The van der Waals surface area contributed by atoms with Crippen molar-refractivity contribution in [2.75, 3.05) is 19.6 Å². The molecule has 2 unspecified atom stereocenters. The van der Waals surface area contributed by atoms with Crippen LogP contribution in [0.5, 0.6) is 5.75 Å². The summed E-state index contributed by atoms with van der Waals surface area (Å²) in [6.45, 7) is 4.56. The highest BCUT2D eigenvalue weighted by molar-refractivity contribution is 9.10. The maximum absolute atomic E-state index is 14.3. The van der Waals surface area contributed by atoms with Gasteiger partial charge in [0.25, 0.3) is 0 Å². The molecule has 0 aromatic heterocycles. The van der Waals surface area contributed by atoms with Crippen LogP contribution in [0.4, 0.5) is 4.79 Å². The Hall–Kier alpha value is -4.16. The molecule has 1 saturated heterocycles. The van der Waals surface area contributed by atoms with Crippen molar-refractivity contribution >= 4 is 33.7 Å². The van der Waals surface area contributed by atoms with Crippen LogP contribution in [0.3, 0.4) is 0 Å². The van der Waals surface area contributed by atoms with Gasteiger partial charge in [-0.3, -0.25) is 14.7 Å². The third-order valence-electron chi connectivity index (χ3n) is 6.65. The van der Waals surface area contributed by atoms with Crippen LogP contribution < -0.4 is 10.1 Å². The molecule has 1 fully saturated rings. The van der Waals surface area contributed by atoms with E-state index in [2.05, 4.69) is 27.3 Å². The van der Waals surface area contributed by atoms with Crippen LogP contribution in [-0.2, 0) is 4.79 Å². The largest absolute Gasteiger partial charge is 0.490 e. The van der Waals surface area contributed by atoms with E-state index in [9.17, 15) is 14.9 Å². The topological polar surface area (TPSA) is 98.0 Å². The molecule has 0 saturated carbocycles. The number of nitriles is 1. The first-order valence-corrected chi connectivity index (χ1v) is 13.6. The molecule has 1 N–H and O–H groups in total. The molecule has 8 nitrogen and oxygen atoms in total. The SMILES string of the molecule is CC(C)Oc1cc(C#N)ccc1C1=NC(c2ccccc2)C(c2ccc(Br)cc2)N1C(=O)N1CCNC(=O)C1. The van der Waals surface area contributed by atoms with Crippen molar-refractivity contribution in [2.45, 2.75) is 32.0 Å². The average molecular weight is 586 g/mol. The van der Waals surface area contributed by atoms with E-state index in [1.807, 2.05) is 68.4 Å². The number of benzene rings is 3. The van der Waals surface area contributed by atoms with Crippen LogP contribution >= 0.6 is 15.9 Å². The second-order valence-corrected chi connectivity index (χ2v) is 10.6. The van der Waals surface area contributed by atoms with Crippen molar-refractivity contribution in [1.29, 1.82) is 5.26 Å². The van der Waals surface area contributed by atoms with E-state index in [1.54, 1.807) is 28.0 Å². The Labute approximate surface area is 236 Å². The predicted octanol–water partition coefficient (Wildman–Crippen LogP) is 5.20. The maximum Gasteiger partial charge on any atom is 0.326 e. The van der Waals surface area contributed by atoms with Gasteiger partial charge in [-0.2, -0.15) is 5.26 Å². The van der Waals surface area contributed by atoms with Gasteiger partial charge in [0, 0.05) is 17.6 Å². The fourth-order valence-electron chi connectivity index (χ4n) is 4.93. The molecule has 3 amide bonds. The molecule has 0 spiro atoms. The Morgan fingerprint density at radius 1 is 1.10 bits per heavy atom. The van der Waals surface area contributed by atoms with Gasteiger partial charge in [0.05, 0.1) is 29.3 Å². The predicted molar refractivity (Wildman–Crippen MR) is 151 cm³/mol. The normalized spacial score (nSPS) is 18.9. The molecule has 2 heterocycles. The number of aliphatic imine (C=N–C) groups is 1. The van der Waals surface area contributed by atoms with Gasteiger partial charge in [-0.1, -0.05) is 58.4 Å². The van der Waals surface area contributed by atoms with E-state index < -0.39 is 12.1 Å². The Morgan fingerprint density at radius 3 is 2.51 bits per heavy atom. The zero-order valence-corrected chi connectivity index (χ0v) is 23.3. The lowest BCUT2D eigenvalue weighted by atomic mass is 9.93. The van der Waals surface area contributed by atoms with Gasteiger partial charge < -0.3 is 15.0 Å². The van der Waals surface area contributed by atoms with Crippen molar-refractivity contribution in [3.8, 4) is 11.8 Å². The summed E-state index contributed by atoms with van der Waals surface area (Å²) in [6, 6.07) is 23.9. The summed E-state index contributed by atoms with van der Waals surface area (Å²) in [7, 11) is 0. The summed E-state index contributed by atoms with van der Waals surface area (Å²) in [5.41, 5.74) is 2.91. The van der Waals surface area contributed by atoms with Gasteiger partial charge >= 0.3 is 6.03 Å². The average Bonchev–Trinajstić information content (AvgIpc) is 3.33. The zero-order valence-electron chi connectivity index (χ0n) is 21.7. The van der Waals surface area contributed by atoms with Gasteiger partial charge in [-0.05, 0) is 55.3 Å². The number of nitrogens with one attached hydrogen (secondary N) is 1. The standard InChI is InChI=1S/C30H28BrN5O3/c1-19(2)39-25-16-20(17-32)8-13-24(25)29-34-27(21-6-4-3-5-7-21)28(22-9-11-23(31)12-10-22)36(29)30(38)35-15-14-33-26(37)18-35/h3-13,16,19,27-28H,14-15,18H2,1-2H3,(H,33,37). The van der Waals surface area contributed by atoms with Crippen LogP contribution in [0.25, 0.3) is 0 Å². The summed E-state index contributed by atoms with van der Waals surface area (Å²) in [6.07, 6.45) is -0.165. The quantitative estimate of drug-likeness (QED) is 0.444. The van der Waals surface area contributed by atoms with Crippen molar-refractivity contribution in [1.82, 2.24) is 15.1 Å². The molecule has 3 aromatic carbocycles. The van der Waals surface area contributed by atoms with Crippen molar-refractivity contribution in [3.63, 3.8) is 0 Å². The molecule has 0 bridgehead atoms. The van der Waals surface area contributed by atoms with Gasteiger partial charge in [0.1, 0.15) is 24.2 Å². The first-order chi connectivity index (χ1) is 18.9. The van der Waals surface area contributed by atoms with Crippen LogP contribution in [0, 0.1) is 11.3 Å². The highest BCUT2D eigenvalue weighted by Gasteiger charge is 2.45. The van der Waals surface area contributed by atoms with E-state index in [0.29, 0.717) is 35.8 Å². The zero-order chi connectivity index (χ0) is 27.5. The first kappa shape index (κ1) is 26.4. The van der Waals surface area contributed by atoms with Crippen molar-refractivity contribution in [2.24, 2.45) is 4.99 Å². The molecular weight excluding hydrogens is 558 g/mol. The lowest BCUT2D eigenvalue weighted by molar-refractivity contribution is -0.123. The first-order valence-electron chi connectivity index (χ1n) is 12.8. The number of rotatable bonds is 5. The minimum atomic E-state index is -0.476. The monoisotopic (exact) mass is 585 g/mol. The third-order valence-corrected chi connectivity index (χ3v) is 7.18. The molecule has 39 heavy (non-hydrogen) atoms. The maximum atomic E-state index is 14.3. The summed E-state index contributed by atoms with van der Waals surface area (Å²) in [4.78, 5) is 35.0. The van der Waals surface area contributed by atoms with Gasteiger partial charge in [0.15, 0.2) is 0 Å². The fourth-order valence-corrected chi connectivity index (χ4v) is 5.19. The number of carbonyl (C=O) groups is 2. The highest BCUT2D eigenvalue weighted by Crippen LogP contribution is 2.45. The Balaban J connectivity index is 1.71. The number of urea groups is 1. The Kier molecular flexibility index (Phi) is 7.66. The molecule has 0 aliphatic carbocycles. The number of piperazine rings is 1. The number of hydrogen-bond acceptors (Lipinski definition) is 5. The molecule has 198 valence electrons. The Morgan fingerprint density at radius 2 is 1.85 bits per heavy atom. The molecular formula is C30H28BrN5O3. The smallest absolute Gasteiger partial charge is 0.326 e. The van der Waals surface area contributed by atoms with Gasteiger partial charge in [0.2, 0.25) is 5.91 Å². The minimum absolute atomic E-state index is 0.0333. The molecule has 2 aliphatic heterocycles. The summed E-state index contributed by atoms with van der Waals surface area (Å²) in [5.74, 6) is 0.711. The molecule has 9 heteroatoms. The molecule has 5 rings (SSSR count). The van der Waals surface area contributed by atoms with Crippen LogP contribution in [0.15, 0.2) is 82.3 Å². The number of hydrogen-bond donors (Lipinski definition) is 1. The second-order valence-electron chi connectivity index (χ2n) is 9.72. The number of halogens is 1. The number of ether oxygens (including phenoxy) is 1. The minimum Gasteiger partial charge on any atom is -0.490 e. The number of amidine groups is 1. The van der Waals surface area contributed by atoms with Crippen molar-refractivity contribution < 1.29 is 14.3 Å². The number of amides is 3. The molecule has 3 aromatic rings. The summed E-state index contributed by atoms with van der Waals surface area (Å²) in [5, 5.41) is 12.3. The third kappa shape index (κ3) is 5.52. The van der Waals surface area contributed by atoms with Crippen LogP contribution in [-0.4, -0.2) is 53.3 Å². The van der Waals surface area contributed by atoms with E-state index in [0.717, 1.165) is 15.6 Å². The molecule has 0 radical (unpaired) electrons. The fraction of sp³-hybridized carbons (Fsp3) is 0.267.